The summed E-state index contributed by atoms with van der Waals surface area (Å²) in [6, 6.07) is 0. The first kappa shape index (κ1) is 6.73. The van der Waals surface area contributed by atoms with Crippen molar-refractivity contribution >= 4 is 6.09 Å². The van der Waals surface area contributed by atoms with Crippen LogP contribution in [0.25, 0.3) is 0 Å². The minimum Gasteiger partial charge on any atom is -0.447 e. The third-order valence-corrected chi connectivity index (χ3v) is 0.850. The fourth-order valence-electron chi connectivity index (χ4n) is 0.491. The molecular weight excluding hydrogens is 134 g/mol. The molecule has 0 aliphatic heterocycles. The molecule has 0 aliphatic rings. The Labute approximate surface area is 57.6 Å². The Morgan fingerprint density at radius 3 is 2.70 bits per heavy atom. The summed E-state index contributed by atoms with van der Waals surface area (Å²) in [6.07, 6.45) is 2.28. The summed E-state index contributed by atoms with van der Waals surface area (Å²) in [7, 11) is 0. The summed E-state index contributed by atoms with van der Waals surface area (Å²) < 4.78 is 4.59. The SMILES string of the molecule is CCOC(=O)n1nccn1. The van der Waals surface area contributed by atoms with Crippen LogP contribution in [0.15, 0.2) is 12.4 Å². The molecule has 10 heavy (non-hydrogen) atoms. The lowest BCUT2D eigenvalue weighted by Crippen LogP contribution is -2.16. The second kappa shape index (κ2) is 2.95. The zero-order chi connectivity index (χ0) is 7.40. The monoisotopic (exact) mass is 141 g/mol. The molecule has 0 spiro atoms. The fraction of sp³-hybridized carbons (Fsp3) is 0.400. The van der Waals surface area contributed by atoms with Gasteiger partial charge in [-0.3, -0.25) is 0 Å². The molecule has 1 heterocycles. The number of ether oxygens (including phenoxy) is 1. The normalized spacial score (nSPS) is 9.30. The van der Waals surface area contributed by atoms with Gasteiger partial charge in [-0.2, -0.15) is 10.2 Å². The van der Waals surface area contributed by atoms with Crippen LogP contribution in [-0.2, 0) is 4.74 Å². The molecule has 0 fully saturated rings. The number of hydrogen-bond donors (Lipinski definition) is 0. The number of rotatable bonds is 1. The highest BCUT2D eigenvalue weighted by atomic mass is 16.6. The maximum Gasteiger partial charge on any atom is 0.452 e. The second-order valence-corrected chi connectivity index (χ2v) is 1.52. The van der Waals surface area contributed by atoms with Crippen LogP contribution in [0.1, 0.15) is 6.92 Å². The van der Waals surface area contributed by atoms with Gasteiger partial charge in [0, 0.05) is 0 Å². The fourth-order valence-corrected chi connectivity index (χ4v) is 0.491. The predicted molar refractivity (Wildman–Crippen MR) is 32.4 cm³/mol. The first-order valence-corrected chi connectivity index (χ1v) is 2.88. The molecule has 5 nitrogen and oxygen atoms in total. The summed E-state index contributed by atoms with van der Waals surface area (Å²) in [5.41, 5.74) is 0. The van der Waals surface area contributed by atoms with Gasteiger partial charge in [-0.25, -0.2) is 4.79 Å². The molecule has 1 aromatic rings. The molecule has 0 saturated heterocycles. The van der Waals surface area contributed by atoms with Gasteiger partial charge >= 0.3 is 6.09 Å². The van der Waals surface area contributed by atoms with E-state index in [9.17, 15) is 4.79 Å². The summed E-state index contributed by atoms with van der Waals surface area (Å²) in [6.45, 7) is 2.06. The van der Waals surface area contributed by atoms with Crippen LogP contribution in [0.4, 0.5) is 4.79 Å². The lowest BCUT2D eigenvalue weighted by atomic mass is 10.9. The number of carbonyl (C=O) groups excluding carboxylic acids is 1. The summed E-state index contributed by atoms with van der Waals surface area (Å²) in [5, 5.41) is 7.13. The van der Waals surface area contributed by atoms with Crippen molar-refractivity contribution in [2.75, 3.05) is 6.61 Å². The van der Waals surface area contributed by atoms with Crippen molar-refractivity contribution in [3.8, 4) is 0 Å². The summed E-state index contributed by atoms with van der Waals surface area (Å²) >= 11 is 0. The van der Waals surface area contributed by atoms with Crippen LogP contribution in [0.5, 0.6) is 0 Å². The number of aromatic nitrogens is 3. The maximum atomic E-state index is 10.7. The Kier molecular flexibility index (Phi) is 1.99. The standard InChI is InChI=1S/C5H7N3O2/c1-2-10-5(9)8-6-3-4-7-8/h3-4H,2H2,1H3. The van der Waals surface area contributed by atoms with Gasteiger partial charge in [-0.05, 0) is 6.92 Å². The molecule has 54 valence electrons. The molecule has 0 N–H and O–H groups in total. The van der Waals surface area contributed by atoms with E-state index in [1.807, 2.05) is 0 Å². The van der Waals surface area contributed by atoms with E-state index in [0.717, 1.165) is 4.80 Å². The molecule has 0 atom stereocenters. The first-order chi connectivity index (χ1) is 4.84. The van der Waals surface area contributed by atoms with E-state index in [4.69, 9.17) is 0 Å². The Hall–Kier alpha value is -1.39. The molecule has 0 unspecified atom stereocenters. The third-order valence-electron chi connectivity index (χ3n) is 0.850. The number of hydrogen-bond acceptors (Lipinski definition) is 4. The van der Waals surface area contributed by atoms with Gasteiger partial charge < -0.3 is 4.74 Å². The highest BCUT2D eigenvalue weighted by Crippen LogP contribution is 1.82. The van der Waals surface area contributed by atoms with Crippen LogP contribution in [0, 0.1) is 0 Å². The highest BCUT2D eigenvalue weighted by molar-refractivity contribution is 5.67. The van der Waals surface area contributed by atoms with Gasteiger partial charge in [-0.1, -0.05) is 4.80 Å². The average Bonchev–Trinajstić information content (AvgIpc) is 2.38. The Bertz CT molecular complexity index is 207. The Morgan fingerprint density at radius 1 is 1.60 bits per heavy atom. The van der Waals surface area contributed by atoms with Crippen molar-refractivity contribution < 1.29 is 9.53 Å². The first-order valence-electron chi connectivity index (χ1n) is 2.88. The van der Waals surface area contributed by atoms with Crippen molar-refractivity contribution in [1.82, 2.24) is 15.0 Å². The molecule has 0 saturated carbocycles. The maximum absolute atomic E-state index is 10.7. The Balaban J connectivity index is 2.59. The van der Waals surface area contributed by atoms with Crippen molar-refractivity contribution in [3.05, 3.63) is 12.4 Å². The quantitative estimate of drug-likeness (QED) is 0.563. The predicted octanol–water partition coefficient (Wildman–Crippen LogP) is 0.283. The van der Waals surface area contributed by atoms with Crippen molar-refractivity contribution in [2.24, 2.45) is 0 Å². The van der Waals surface area contributed by atoms with E-state index >= 15 is 0 Å². The molecule has 0 amide bonds. The van der Waals surface area contributed by atoms with Crippen LogP contribution in [0.2, 0.25) is 0 Å². The molecular formula is C5H7N3O2. The minimum absolute atomic E-state index is 0.334. The second-order valence-electron chi connectivity index (χ2n) is 1.52. The van der Waals surface area contributed by atoms with E-state index in [1.165, 1.54) is 12.4 Å². The zero-order valence-electron chi connectivity index (χ0n) is 5.52. The molecule has 0 aliphatic carbocycles. The van der Waals surface area contributed by atoms with Gasteiger partial charge in [0.05, 0.1) is 19.0 Å². The lowest BCUT2D eigenvalue weighted by molar-refractivity contribution is 0.146. The molecule has 1 aromatic heterocycles. The van der Waals surface area contributed by atoms with E-state index < -0.39 is 6.09 Å². The van der Waals surface area contributed by atoms with Crippen LogP contribution < -0.4 is 0 Å². The van der Waals surface area contributed by atoms with Crippen molar-refractivity contribution in [3.63, 3.8) is 0 Å². The van der Waals surface area contributed by atoms with Gasteiger partial charge in [0.1, 0.15) is 0 Å². The molecule has 5 heteroatoms. The Morgan fingerprint density at radius 2 is 2.20 bits per heavy atom. The molecule has 0 aromatic carbocycles. The lowest BCUT2D eigenvalue weighted by Gasteiger charge is -1.96. The zero-order valence-corrected chi connectivity index (χ0v) is 5.52. The van der Waals surface area contributed by atoms with Crippen molar-refractivity contribution in [2.45, 2.75) is 6.92 Å². The highest BCUT2D eigenvalue weighted by Gasteiger charge is 2.03. The van der Waals surface area contributed by atoms with E-state index in [2.05, 4.69) is 14.9 Å². The van der Waals surface area contributed by atoms with Crippen molar-refractivity contribution in [1.29, 1.82) is 0 Å². The topological polar surface area (TPSA) is 57.0 Å². The minimum atomic E-state index is -0.549. The molecule has 1 rings (SSSR count). The van der Waals surface area contributed by atoms with Crippen LogP contribution in [-0.4, -0.2) is 27.7 Å². The van der Waals surface area contributed by atoms with Crippen LogP contribution in [0.3, 0.4) is 0 Å². The smallest absolute Gasteiger partial charge is 0.447 e. The van der Waals surface area contributed by atoms with Gasteiger partial charge in [0.15, 0.2) is 0 Å². The molecule has 0 bridgehead atoms. The van der Waals surface area contributed by atoms with E-state index in [0.29, 0.717) is 6.61 Å². The van der Waals surface area contributed by atoms with Crippen LogP contribution >= 0.6 is 0 Å². The third kappa shape index (κ3) is 1.31. The van der Waals surface area contributed by atoms with E-state index in [1.54, 1.807) is 6.92 Å². The molecule has 0 radical (unpaired) electrons. The van der Waals surface area contributed by atoms with Gasteiger partial charge in [0.25, 0.3) is 0 Å². The van der Waals surface area contributed by atoms with Gasteiger partial charge in [0.2, 0.25) is 0 Å². The summed E-state index contributed by atoms with van der Waals surface area (Å²) in [4.78, 5) is 11.6. The largest absolute Gasteiger partial charge is 0.452 e. The number of carbonyl (C=O) groups is 1. The summed E-state index contributed by atoms with van der Waals surface area (Å²) in [5.74, 6) is 0. The van der Waals surface area contributed by atoms with E-state index in [-0.39, 0.29) is 0 Å². The van der Waals surface area contributed by atoms with Gasteiger partial charge in [-0.15, -0.1) is 0 Å². The number of nitrogens with zero attached hydrogens (tertiary/aromatic N) is 3. The average molecular weight is 141 g/mol.